The quantitative estimate of drug-likeness (QED) is 0.365. The molecule has 5 rings (SSSR count). The van der Waals surface area contributed by atoms with Crippen molar-refractivity contribution < 1.29 is 17.6 Å². The molecule has 0 amide bonds. The maximum Gasteiger partial charge on any atom is 0.255 e. The van der Waals surface area contributed by atoms with Gasteiger partial charge in [-0.1, -0.05) is 61.3 Å². The van der Waals surface area contributed by atoms with Gasteiger partial charge >= 0.3 is 0 Å². The van der Waals surface area contributed by atoms with Gasteiger partial charge in [0.05, 0.1) is 10.8 Å². The van der Waals surface area contributed by atoms with Crippen molar-refractivity contribution in [2.45, 2.75) is 136 Å². The molecule has 202 valence electrons. The first-order valence-corrected chi connectivity index (χ1v) is 14.1. The number of hydrogen-bond acceptors (Lipinski definition) is 2. The summed E-state index contributed by atoms with van der Waals surface area (Å²) in [6.07, 6.45) is 8.63. The van der Waals surface area contributed by atoms with Gasteiger partial charge in [-0.2, -0.15) is 0 Å². The minimum Gasteiger partial charge on any atom is -0.303 e. The molecule has 2 nitrogen and oxygen atoms in total. The third-order valence-electron chi connectivity index (χ3n) is 9.02. The lowest BCUT2D eigenvalue weighted by atomic mass is 9.80. The van der Waals surface area contributed by atoms with Crippen LogP contribution in [0.3, 0.4) is 0 Å². The van der Waals surface area contributed by atoms with E-state index in [1.807, 2.05) is 20.9 Å². The fourth-order valence-electron chi connectivity index (χ4n) is 6.84. The number of alkyl halides is 4. The second-order valence-corrected chi connectivity index (χ2v) is 11.9. The van der Waals surface area contributed by atoms with Crippen molar-refractivity contribution in [1.82, 2.24) is 9.80 Å². The molecular weight excluding hydrogens is 440 g/mol. The van der Waals surface area contributed by atoms with Crippen LogP contribution in [-0.2, 0) is 0 Å². The Balaban J connectivity index is 0.000000211. The SMILES string of the molecule is CC.CCC.CCC(C)C[C@@]12CCCN1C[C@@]1(CC1(F)F)C2.CC[C@H]1CC2(CN1C)CC2(F)F. The van der Waals surface area contributed by atoms with Crippen LogP contribution in [0.4, 0.5) is 17.6 Å². The van der Waals surface area contributed by atoms with Gasteiger partial charge in [-0.15, -0.1) is 0 Å². The van der Waals surface area contributed by atoms with Crippen molar-refractivity contribution in [3.8, 4) is 0 Å². The highest BCUT2D eigenvalue weighted by Gasteiger charge is 2.77. The monoisotopic (exact) mass is 492 g/mol. The van der Waals surface area contributed by atoms with Crippen molar-refractivity contribution in [2.24, 2.45) is 16.7 Å². The minimum atomic E-state index is -2.36. The molecule has 2 aliphatic carbocycles. The first kappa shape index (κ1) is 29.9. The van der Waals surface area contributed by atoms with E-state index in [-0.39, 0.29) is 18.4 Å². The van der Waals surface area contributed by atoms with Crippen molar-refractivity contribution in [3.63, 3.8) is 0 Å². The molecular formula is C28H52F4N2. The predicted octanol–water partition coefficient (Wildman–Crippen LogP) is 8.25. The van der Waals surface area contributed by atoms with Crippen molar-refractivity contribution in [3.05, 3.63) is 0 Å². The van der Waals surface area contributed by atoms with Crippen LogP contribution in [0.25, 0.3) is 0 Å². The van der Waals surface area contributed by atoms with Gasteiger partial charge in [-0.25, -0.2) is 17.6 Å². The molecule has 0 aromatic heterocycles. The molecule has 2 unspecified atom stereocenters. The largest absolute Gasteiger partial charge is 0.303 e. The molecule has 0 radical (unpaired) electrons. The smallest absolute Gasteiger partial charge is 0.255 e. The van der Waals surface area contributed by atoms with Crippen LogP contribution in [-0.4, -0.2) is 59.9 Å². The van der Waals surface area contributed by atoms with Crippen molar-refractivity contribution in [1.29, 1.82) is 0 Å². The summed E-state index contributed by atoms with van der Waals surface area (Å²) < 4.78 is 53.0. The van der Waals surface area contributed by atoms with Gasteiger partial charge in [0.15, 0.2) is 0 Å². The normalized spacial score (nSPS) is 39.4. The molecule has 3 heterocycles. The summed E-state index contributed by atoms with van der Waals surface area (Å²) >= 11 is 0. The highest BCUT2D eigenvalue weighted by atomic mass is 19.3. The van der Waals surface area contributed by atoms with E-state index in [0.717, 1.165) is 32.2 Å². The lowest BCUT2D eigenvalue weighted by Crippen LogP contribution is -2.39. The van der Waals surface area contributed by atoms with Gasteiger partial charge < -0.3 is 4.90 Å². The first-order chi connectivity index (χ1) is 15.9. The lowest BCUT2D eigenvalue weighted by Gasteiger charge is -2.34. The van der Waals surface area contributed by atoms with E-state index in [0.29, 0.717) is 31.5 Å². The highest BCUT2D eigenvalue weighted by Crippen LogP contribution is 2.70. The van der Waals surface area contributed by atoms with Gasteiger partial charge in [-0.05, 0) is 58.0 Å². The van der Waals surface area contributed by atoms with Gasteiger partial charge in [0.1, 0.15) is 0 Å². The van der Waals surface area contributed by atoms with E-state index in [4.69, 9.17) is 0 Å². The summed E-state index contributed by atoms with van der Waals surface area (Å²) in [5.41, 5.74) is -1.11. The second-order valence-electron chi connectivity index (χ2n) is 11.9. The molecule has 5 atom stereocenters. The summed E-state index contributed by atoms with van der Waals surface area (Å²) in [6, 6.07) is 0.387. The lowest BCUT2D eigenvalue weighted by molar-refractivity contribution is 0.0653. The van der Waals surface area contributed by atoms with Crippen molar-refractivity contribution >= 4 is 0 Å². The number of hydrogen-bond donors (Lipinski definition) is 0. The van der Waals surface area contributed by atoms with Gasteiger partial charge in [0.25, 0.3) is 11.8 Å². The van der Waals surface area contributed by atoms with E-state index < -0.39 is 22.7 Å². The molecule has 34 heavy (non-hydrogen) atoms. The highest BCUT2D eigenvalue weighted by molar-refractivity contribution is 5.22. The van der Waals surface area contributed by atoms with Crippen LogP contribution < -0.4 is 0 Å². The standard InChI is InChI=1S/C14H23F2N.C9H15F2N.C3H8.C2H6/c1-3-11(2)7-13-5-4-6-17(13)10-12(8-13)9-14(12,15)16;1-3-7-4-8(6-12(7)2)5-9(8,10)11;1-3-2;1-2/h11H,3-10H2,1-2H3;7H,3-6H2,1-2H3;3H2,1-2H3;1-2H3/t11?,12-,13+;7-,8?;;/m00../s1. The molecule has 0 aromatic rings. The summed E-state index contributed by atoms with van der Waals surface area (Å²) in [7, 11) is 1.96. The number of likely N-dealkylation sites (tertiary alicyclic amines) is 1. The Morgan fingerprint density at radius 3 is 1.79 bits per heavy atom. The zero-order valence-corrected chi connectivity index (χ0v) is 23.3. The zero-order chi connectivity index (χ0) is 26.0. The number of rotatable bonds is 4. The average molecular weight is 493 g/mol. The van der Waals surface area contributed by atoms with E-state index in [9.17, 15) is 17.6 Å². The maximum atomic E-state index is 13.6. The van der Waals surface area contributed by atoms with Crippen LogP contribution in [0, 0.1) is 16.7 Å². The number of halogens is 4. The minimum absolute atomic E-state index is 0.126. The molecule has 0 bridgehead atoms. The number of fused-ring (bicyclic) bond motifs is 1. The summed E-state index contributed by atoms with van der Waals surface area (Å²) in [6.45, 7) is 17.1. The summed E-state index contributed by atoms with van der Waals surface area (Å²) in [5.74, 6) is -4.05. The Kier molecular flexibility index (Phi) is 9.61. The summed E-state index contributed by atoms with van der Waals surface area (Å²) in [5, 5.41) is 0. The molecule has 0 aromatic carbocycles. The van der Waals surface area contributed by atoms with E-state index in [1.54, 1.807) is 0 Å². The van der Waals surface area contributed by atoms with Crippen LogP contribution in [0.1, 0.15) is 113 Å². The van der Waals surface area contributed by atoms with Crippen molar-refractivity contribution in [2.75, 3.05) is 26.7 Å². The fourth-order valence-corrected chi connectivity index (χ4v) is 6.84. The maximum absolute atomic E-state index is 13.6. The van der Waals surface area contributed by atoms with Crippen LogP contribution >= 0.6 is 0 Å². The van der Waals surface area contributed by atoms with Gasteiger partial charge in [0, 0.05) is 37.5 Å². The van der Waals surface area contributed by atoms with E-state index in [2.05, 4.69) is 44.4 Å². The van der Waals surface area contributed by atoms with E-state index in [1.165, 1.54) is 19.3 Å². The first-order valence-electron chi connectivity index (χ1n) is 14.1. The Bertz CT molecular complexity index is 656. The molecule has 2 spiro atoms. The Morgan fingerprint density at radius 1 is 0.882 bits per heavy atom. The van der Waals surface area contributed by atoms with E-state index >= 15 is 0 Å². The molecule has 2 saturated carbocycles. The van der Waals surface area contributed by atoms with Gasteiger partial charge in [-0.3, -0.25) is 4.90 Å². The number of nitrogens with zero attached hydrogens (tertiary/aromatic N) is 2. The molecule has 5 aliphatic rings. The zero-order valence-electron chi connectivity index (χ0n) is 23.3. The Morgan fingerprint density at radius 2 is 1.41 bits per heavy atom. The molecule has 6 heteroatoms. The third kappa shape index (κ3) is 5.63. The molecule has 0 N–H and O–H groups in total. The van der Waals surface area contributed by atoms with Crippen LogP contribution in [0.15, 0.2) is 0 Å². The Hall–Kier alpha value is -0.360. The second kappa shape index (κ2) is 10.9. The topological polar surface area (TPSA) is 6.48 Å². The van der Waals surface area contributed by atoms with Crippen LogP contribution in [0.5, 0.6) is 0 Å². The summed E-state index contributed by atoms with van der Waals surface area (Å²) in [4.78, 5) is 4.49. The fraction of sp³-hybridized carbons (Fsp3) is 1.00. The molecule has 5 fully saturated rings. The molecule has 3 saturated heterocycles. The van der Waals surface area contributed by atoms with Gasteiger partial charge in [0.2, 0.25) is 0 Å². The predicted molar refractivity (Wildman–Crippen MR) is 135 cm³/mol. The Labute approximate surface area is 207 Å². The molecule has 3 aliphatic heterocycles. The third-order valence-corrected chi connectivity index (χ3v) is 9.02. The average Bonchev–Trinajstić information content (AvgIpc) is 3.18. The van der Waals surface area contributed by atoms with Crippen LogP contribution in [0.2, 0.25) is 0 Å².